The first kappa shape index (κ1) is 20.0. The molecule has 0 spiro atoms. The van der Waals surface area contributed by atoms with Crippen LogP contribution in [-0.2, 0) is 11.3 Å². The maximum atomic E-state index is 12.4. The maximum absolute atomic E-state index is 12.4. The van der Waals surface area contributed by atoms with Crippen LogP contribution in [0.4, 0.5) is 0 Å². The predicted octanol–water partition coefficient (Wildman–Crippen LogP) is 2.49. The molecule has 3 rings (SSSR count). The Labute approximate surface area is 171 Å². The van der Waals surface area contributed by atoms with Gasteiger partial charge in [0.05, 0.1) is 25.5 Å². The van der Waals surface area contributed by atoms with Crippen LogP contribution in [0.2, 0.25) is 0 Å². The van der Waals surface area contributed by atoms with Crippen molar-refractivity contribution in [1.82, 2.24) is 19.8 Å². The Kier molecular flexibility index (Phi) is 6.42. The number of amides is 1. The molecule has 2 N–H and O–H groups in total. The molecule has 0 aliphatic rings. The van der Waals surface area contributed by atoms with Crippen molar-refractivity contribution in [2.45, 2.75) is 11.7 Å². The molecule has 10 heteroatoms. The molecule has 0 saturated heterocycles. The third-order valence-electron chi connectivity index (χ3n) is 4.06. The topological polar surface area (TPSA) is 95.5 Å². The number of rotatable bonds is 8. The molecule has 28 heavy (non-hydrogen) atoms. The molecule has 0 bridgehead atoms. The first-order valence-corrected chi connectivity index (χ1v) is 10.3. The minimum absolute atomic E-state index is 0.0113. The molecule has 0 fully saturated rings. The molecule has 0 atom stereocenters. The van der Waals surface area contributed by atoms with E-state index in [4.69, 9.17) is 15.3 Å². The highest BCUT2D eigenvalue weighted by Crippen LogP contribution is 2.33. The number of thioether (sulfide) groups is 1. The van der Waals surface area contributed by atoms with Gasteiger partial charge in [0.1, 0.15) is 11.5 Å². The summed E-state index contributed by atoms with van der Waals surface area (Å²) in [4.78, 5) is 14.1. The number of benzene rings is 1. The standard InChI is InChI=1S/C18H21N5O3S2/c1-22(9-12-6-7-27-10-12)16(24)11-28-18-21-20-17(23(18)19)14-5-4-13(25-2)8-15(14)26-3/h4-8,10H,9,11,19H2,1-3H3. The number of ether oxygens (including phenoxy) is 2. The molecule has 1 aromatic carbocycles. The Balaban J connectivity index is 1.69. The molecule has 8 nitrogen and oxygen atoms in total. The van der Waals surface area contributed by atoms with E-state index in [2.05, 4.69) is 10.2 Å². The van der Waals surface area contributed by atoms with Gasteiger partial charge in [-0.15, -0.1) is 10.2 Å². The molecule has 0 radical (unpaired) electrons. The van der Waals surface area contributed by atoms with Gasteiger partial charge in [-0.3, -0.25) is 4.79 Å². The van der Waals surface area contributed by atoms with Crippen LogP contribution in [0.3, 0.4) is 0 Å². The fourth-order valence-electron chi connectivity index (χ4n) is 2.52. The van der Waals surface area contributed by atoms with Gasteiger partial charge < -0.3 is 20.2 Å². The van der Waals surface area contributed by atoms with E-state index in [1.54, 1.807) is 55.7 Å². The van der Waals surface area contributed by atoms with Crippen molar-refractivity contribution in [3.05, 3.63) is 40.6 Å². The average Bonchev–Trinajstić information content (AvgIpc) is 3.35. The normalized spacial score (nSPS) is 10.7. The van der Waals surface area contributed by atoms with Crippen molar-refractivity contribution < 1.29 is 14.3 Å². The summed E-state index contributed by atoms with van der Waals surface area (Å²) in [6, 6.07) is 7.36. The number of hydrogen-bond donors (Lipinski definition) is 1. The molecule has 148 valence electrons. The van der Waals surface area contributed by atoms with Crippen molar-refractivity contribution in [3.8, 4) is 22.9 Å². The third-order valence-corrected chi connectivity index (χ3v) is 5.72. The first-order valence-electron chi connectivity index (χ1n) is 8.34. The monoisotopic (exact) mass is 419 g/mol. The minimum Gasteiger partial charge on any atom is -0.497 e. The van der Waals surface area contributed by atoms with Crippen molar-refractivity contribution in [2.24, 2.45) is 0 Å². The van der Waals surface area contributed by atoms with Gasteiger partial charge in [0.15, 0.2) is 5.82 Å². The van der Waals surface area contributed by atoms with E-state index >= 15 is 0 Å². The summed E-state index contributed by atoms with van der Waals surface area (Å²) in [6.45, 7) is 0.576. The molecule has 0 unspecified atom stereocenters. The van der Waals surface area contributed by atoms with Crippen molar-refractivity contribution >= 4 is 29.0 Å². The fraction of sp³-hybridized carbons (Fsp3) is 0.278. The molecule has 2 heterocycles. The average molecular weight is 420 g/mol. The largest absolute Gasteiger partial charge is 0.497 e. The highest BCUT2D eigenvalue weighted by molar-refractivity contribution is 7.99. The fourth-order valence-corrected chi connectivity index (χ4v) is 3.98. The maximum Gasteiger partial charge on any atom is 0.233 e. The molecule has 1 amide bonds. The molecule has 0 aliphatic heterocycles. The van der Waals surface area contributed by atoms with E-state index < -0.39 is 0 Å². The number of thiophene rings is 1. The first-order chi connectivity index (χ1) is 13.5. The van der Waals surface area contributed by atoms with Crippen LogP contribution in [0.1, 0.15) is 5.56 Å². The highest BCUT2D eigenvalue weighted by Gasteiger charge is 2.18. The quantitative estimate of drug-likeness (QED) is 0.443. The molecule has 0 saturated carbocycles. The Morgan fingerprint density at radius 2 is 2.11 bits per heavy atom. The lowest BCUT2D eigenvalue weighted by molar-refractivity contribution is -0.127. The number of nitrogens with two attached hydrogens (primary N) is 1. The minimum atomic E-state index is -0.0113. The second-order valence-electron chi connectivity index (χ2n) is 5.91. The van der Waals surface area contributed by atoms with Gasteiger partial charge in [0, 0.05) is 19.7 Å². The van der Waals surface area contributed by atoms with Gasteiger partial charge in [-0.1, -0.05) is 11.8 Å². The Bertz CT molecular complexity index is 943. The van der Waals surface area contributed by atoms with Crippen LogP contribution in [0.25, 0.3) is 11.4 Å². The number of aromatic nitrogens is 3. The van der Waals surface area contributed by atoms with Crippen molar-refractivity contribution in [2.75, 3.05) is 32.9 Å². The van der Waals surface area contributed by atoms with Gasteiger partial charge in [0.25, 0.3) is 0 Å². The van der Waals surface area contributed by atoms with Crippen LogP contribution in [0.15, 0.2) is 40.2 Å². The summed E-state index contributed by atoms with van der Waals surface area (Å²) in [5.41, 5.74) is 1.80. The van der Waals surface area contributed by atoms with Crippen LogP contribution < -0.4 is 15.3 Å². The summed E-state index contributed by atoms with van der Waals surface area (Å²) in [7, 11) is 4.93. The van der Waals surface area contributed by atoms with Gasteiger partial charge in [-0.2, -0.15) is 11.3 Å². The van der Waals surface area contributed by atoms with Gasteiger partial charge in [-0.25, -0.2) is 4.68 Å². The summed E-state index contributed by atoms with van der Waals surface area (Å²) >= 11 is 2.85. The summed E-state index contributed by atoms with van der Waals surface area (Å²) in [5, 5.41) is 12.7. The number of carbonyl (C=O) groups excluding carboxylic acids is 1. The van der Waals surface area contributed by atoms with E-state index in [0.717, 1.165) is 5.56 Å². The van der Waals surface area contributed by atoms with E-state index in [1.807, 2.05) is 16.8 Å². The lowest BCUT2D eigenvalue weighted by Gasteiger charge is -2.16. The Hall–Kier alpha value is -2.72. The van der Waals surface area contributed by atoms with E-state index in [9.17, 15) is 4.79 Å². The number of carbonyl (C=O) groups is 1. The Morgan fingerprint density at radius 1 is 1.29 bits per heavy atom. The molecular weight excluding hydrogens is 398 g/mol. The number of methoxy groups -OCH3 is 2. The second kappa shape index (κ2) is 8.98. The molecule has 2 aromatic heterocycles. The third kappa shape index (κ3) is 4.39. The zero-order valence-corrected chi connectivity index (χ0v) is 17.4. The van der Waals surface area contributed by atoms with Crippen molar-refractivity contribution in [1.29, 1.82) is 0 Å². The predicted molar refractivity (Wildman–Crippen MR) is 110 cm³/mol. The van der Waals surface area contributed by atoms with Gasteiger partial charge in [0.2, 0.25) is 11.1 Å². The van der Waals surface area contributed by atoms with Gasteiger partial charge in [-0.05, 0) is 34.5 Å². The van der Waals surface area contributed by atoms with E-state index in [0.29, 0.717) is 34.6 Å². The summed E-state index contributed by atoms with van der Waals surface area (Å²) in [5.74, 6) is 8.05. The lowest BCUT2D eigenvalue weighted by atomic mass is 10.2. The van der Waals surface area contributed by atoms with Crippen LogP contribution in [-0.4, -0.2) is 52.7 Å². The summed E-state index contributed by atoms with van der Waals surface area (Å²) in [6.07, 6.45) is 0. The zero-order chi connectivity index (χ0) is 20.1. The number of nitrogen functional groups attached to an aromatic ring is 1. The van der Waals surface area contributed by atoms with Crippen LogP contribution >= 0.6 is 23.1 Å². The Morgan fingerprint density at radius 3 is 2.79 bits per heavy atom. The smallest absolute Gasteiger partial charge is 0.233 e. The van der Waals surface area contributed by atoms with Crippen LogP contribution in [0, 0.1) is 0 Å². The molecular formula is C18H21N5O3S2. The second-order valence-corrected chi connectivity index (χ2v) is 7.64. The lowest BCUT2D eigenvalue weighted by Crippen LogP contribution is -2.27. The van der Waals surface area contributed by atoms with E-state index in [-0.39, 0.29) is 11.7 Å². The highest BCUT2D eigenvalue weighted by atomic mass is 32.2. The number of hydrogen-bond acceptors (Lipinski definition) is 8. The molecule has 3 aromatic rings. The van der Waals surface area contributed by atoms with Crippen LogP contribution in [0.5, 0.6) is 11.5 Å². The van der Waals surface area contributed by atoms with Gasteiger partial charge >= 0.3 is 0 Å². The SMILES string of the molecule is COc1ccc(-c2nnc(SCC(=O)N(C)Cc3ccsc3)n2N)c(OC)c1. The van der Waals surface area contributed by atoms with Crippen molar-refractivity contribution in [3.63, 3.8) is 0 Å². The molecule has 0 aliphatic carbocycles. The zero-order valence-electron chi connectivity index (χ0n) is 15.8. The summed E-state index contributed by atoms with van der Waals surface area (Å²) < 4.78 is 12.0. The number of nitrogens with zero attached hydrogens (tertiary/aromatic N) is 4. The van der Waals surface area contributed by atoms with E-state index in [1.165, 1.54) is 16.4 Å².